The zero-order chi connectivity index (χ0) is 9.26. The molecule has 1 aliphatic carbocycles. The van der Waals surface area contributed by atoms with Gasteiger partial charge in [0.15, 0.2) is 0 Å². The van der Waals surface area contributed by atoms with E-state index in [1.807, 2.05) is 6.92 Å². The van der Waals surface area contributed by atoms with Crippen molar-refractivity contribution in [1.29, 1.82) is 0 Å². The van der Waals surface area contributed by atoms with Gasteiger partial charge in [0.05, 0.1) is 5.57 Å². The van der Waals surface area contributed by atoms with Gasteiger partial charge in [-0.3, -0.25) is 0 Å². The summed E-state index contributed by atoms with van der Waals surface area (Å²) < 4.78 is 4.95. The number of ether oxygens (including phenoxy) is 1. The fourth-order valence-electron chi connectivity index (χ4n) is 2.25. The average Bonchev–Trinajstić information content (AvgIpc) is 2.32. The molecular weight excluding hydrogens is 164 g/mol. The quantitative estimate of drug-likeness (QED) is 0.325. The molecule has 1 atom stereocenters. The Kier molecular flexibility index (Phi) is 2.38. The van der Waals surface area contributed by atoms with E-state index in [-0.39, 0.29) is 12.1 Å². The summed E-state index contributed by atoms with van der Waals surface area (Å²) in [6, 6.07) is 0. The molecule has 1 unspecified atom stereocenters. The molecule has 0 amide bonds. The maximum atomic E-state index is 11.2. The fraction of sp³-hybridized carbons (Fsp3) is 0.727. The molecule has 0 aromatic rings. The first-order valence-corrected chi connectivity index (χ1v) is 5.22. The van der Waals surface area contributed by atoms with Crippen LogP contribution in [0.15, 0.2) is 11.1 Å². The molecule has 2 aliphatic rings. The van der Waals surface area contributed by atoms with Crippen LogP contribution in [0.2, 0.25) is 0 Å². The second-order valence-electron chi connectivity index (χ2n) is 3.98. The van der Waals surface area contributed by atoms with Crippen molar-refractivity contribution < 1.29 is 9.53 Å². The molecule has 1 saturated carbocycles. The van der Waals surface area contributed by atoms with E-state index in [0.29, 0.717) is 0 Å². The van der Waals surface area contributed by atoms with Gasteiger partial charge in [-0.15, -0.1) is 0 Å². The van der Waals surface area contributed by atoms with Gasteiger partial charge < -0.3 is 4.74 Å². The second-order valence-corrected chi connectivity index (χ2v) is 3.98. The van der Waals surface area contributed by atoms with Gasteiger partial charge in [-0.05, 0) is 32.6 Å². The Balaban J connectivity index is 2.15. The van der Waals surface area contributed by atoms with E-state index in [2.05, 4.69) is 0 Å². The summed E-state index contributed by atoms with van der Waals surface area (Å²) in [6.07, 6.45) is 7.45. The van der Waals surface area contributed by atoms with Gasteiger partial charge in [0.2, 0.25) is 0 Å². The van der Waals surface area contributed by atoms with Crippen LogP contribution in [0.5, 0.6) is 0 Å². The first-order valence-electron chi connectivity index (χ1n) is 5.22. The third-order valence-corrected chi connectivity index (χ3v) is 3.00. The van der Waals surface area contributed by atoms with Gasteiger partial charge in [0.25, 0.3) is 0 Å². The Bertz CT molecular complexity index is 243. The number of rotatable bonds is 0. The van der Waals surface area contributed by atoms with Crippen molar-refractivity contribution in [3.63, 3.8) is 0 Å². The van der Waals surface area contributed by atoms with Gasteiger partial charge in [0.1, 0.15) is 6.10 Å². The molecule has 1 heterocycles. The number of hydrogen-bond acceptors (Lipinski definition) is 2. The maximum absolute atomic E-state index is 11.2. The van der Waals surface area contributed by atoms with Gasteiger partial charge in [0, 0.05) is 0 Å². The summed E-state index contributed by atoms with van der Waals surface area (Å²) in [7, 11) is 0. The lowest BCUT2D eigenvalue weighted by molar-refractivity contribution is -0.154. The zero-order valence-electron chi connectivity index (χ0n) is 8.14. The summed E-state index contributed by atoms with van der Waals surface area (Å²) in [4.78, 5) is 11.2. The summed E-state index contributed by atoms with van der Waals surface area (Å²) in [5, 5.41) is 0. The molecule has 1 aliphatic heterocycles. The minimum atomic E-state index is -0.0654. The Hall–Kier alpha value is -0.790. The first kappa shape index (κ1) is 8.79. The molecule has 0 N–H and O–H groups in total. The van der Waals surface area contributed by atoms with E-state index in [4.69, 9.17) is 4.74 Å². The molecule has 0 radical (unpaired) electrons. The zero-order valence-corrected chi connectivity index (χ0v) is 8.14. The normalized spacial score (nSPS) is 29.3. The lowest BCUT2D eigenvalue weighted by Crippen LogP contribution is -2.35. The van der Waals surface area contributed by atoms with Crippen molar-refractivity contribution in [1.82, 2.24) is 0 Å². The average molecular weight is 180 g/mol. The van der Waals surface area contributed by atoms with Gasteiger partial charge >= 0.3 is 5.97 Å². The van der Waals surface area contributed by atoms with Gasteiger partial charge in [-0.25, -0.2) is 4.79 Å². The standard InChI is InChI=1S/C11H16O2/c1-8-10(11(12)13-8)9-6-4-2-3-5-7-9/h8H,2-7H2,1H3. The predicted molar refractivity (Wildman–Crippen MR) is 50.3 cm³/mol. The Morgan fingerprint density at radius 2 is 1.77 bits per heavy atom. The fourth-order valence-corrected chi connectivity index (χ4v) is 2.25. The van der Waals surface area contributed by atoms with E-state index < -0.39 is 0 Å². The van der Waals surface area contributed by atoms with Crippen molar-refractivity contribution in [3.8, 4) is 0 Å². The van der Waals surface area contributed by atoms with E-state index in [9.17, 15) is 4.79 Å². The number of carbonyl (C=O) groups excluding carboxylic acids is 1. The van der Waals surface area contributed by atoms with E-state index in [1.165, 1.54) is 31.3 Å². The molecule has 2 nitrogen and oxygen atoms in total. The molecule has 0 aromatic carbocycles. The van der Waals surface area contributed by atoms with Crippen molar-refractivity contribution in [2.45, 2.75) is 51.6 Å². The van der Waals surface area contributed by atoms with Crippen LogP contribution in [0.1, 0.15) is 45.4 Å². The predicted octanol–water partition coefficient (Wildman–Crippen LogP) is 2.58. The minimum absolute atomic E-state index is 0.0654. The third-order valence-electron chi connectivity index (χ3n) is 3.00. The maximum Gasteiger partial charge on any atom is 0.338 e. The topological polar surface area (TPSA) is 26.3 Å². The van der Waals surface area contributed by atoms with E-state index >= 15 is 0 Å². The largest absolute Gasteiger partial charge is 0.454 e. The molecule has 1 saturated heterocycles. The highest BCUT2D eigenvalue weighted by Crippen LogP contribution is 2.32. The van der Waals surface area contributed by atoms with E-state index in [0.717, 1.165) is 18.4 Å². The molecule has 0 spiro atoms. The van der Waals surface area contributed by atoms with Crippen LogP contribution in [0.3, 0.4) is 0 Å². The van der Waals surface area contributed by atoms with Crippen LogP contribution in [0, 0.1) is 0 Å². The summed E-state index contributed by atoms with van der Waals surface area (Å²) in [5.74, 6) is -0.0654. The Morgan fingerprint density at radius 1 is 1.15 bits per heavy atom. The highest BCUT2D eigenvalue weighted by Gasteiger charge is 2.34. The van der Waals surface area contributed by atoms with Crippen molar-refractivity contribution in [2.24, 2.45) is 0 Å². The van der Waals surface area contributed by atoms with Crippen molar-refractivity contribution in [2.75, 3.05) is 0 Å². The molecule has 2 heteroatoms. The molecule has 2 fully saturated rings. The van der Waals surface area contributed by atoms with Crippen LogP contribution in [0.25, 0.3) is 0 Å². The number of cyclic esters (lactones) is 1. The summed E-state index contributed by atoms with van der Waals surface area (Å²) in [6.45, 7) is 1.97. The summed E-state index contributed by atoms with van der Waals surface area (Å²) in [5.41, 5.74) is 2.36. The SMILES string of the molecule is CC1OC(=O)C1=C1CCCCCC1. The Labute approximate surface area is 79.0 Å². The first-order chi connectivity index (χ1) is 6.29. The molecule has 72 valence electrons. The smallest absolute Gasteiger partial charge is 0.338 e. The van der Waals surface area contributed by atoms with Crippen LogP contribution >= 0.6 is 0 Å². The number of carbonyl (C=O) groups is 1. The van der Waals surface area contributed by atoms with Crippen LogP contribution in [-0.2, 0) is 9.53 Å². The van der Waals surface area contributed by atoms with E-state index in [1.54, 1.807) is 0 Å². The Morgan fingerprint density at radius 3 is 2.23 bits per heavy atom. The molecule has 0 aromatic heterocycles. The van der Waals surface area contributed by atoms with Crippen molar-refractivity contribution in [3.05, 3.63) is 11.1 Å². The number of allylic oxidation sites excluding steroid dienone is 1. The van der Waals surface area contributed by atoms with Crippen LogP contribution < -0.4 is 0 Å². The minimum Gasteiger partial charge on any atom is -0.454 e. The lowest BCUT2D eigenvalue weighted by atomic mass is 9.94. The molecule has 13 heavy (non-hydrogen) atoms. The monoisotopic (exact) mass is 180 g/mol. The molecule has 0 bridgehead atoms. The number of hydrogen-bond donors (Lipinski definition) is 0. The third kappa shape index (κ3) is 1.62. The molecular formula is C11H16O2. The van der Waals surface area contributed by atoms with Crippen molar-refractivity contribution >= 4 is 5.97 Å². The number of esters is 1. The van der Waals surface area contributed by atoms with Crippen LogP contribution in [0.4, 0.5) is 0 Å². The molecule has 2 rings (SSSR count). The van der Waals surface area contributed by atoms with Gasteiger partial charge in [-0.2, -0.15) is 0 Å². The summed E-state index contributed by atoms with van der Waals surface area (Å²) >= 11 is 0. The highest BCUT2D eigenvalue weighted by molar-refractivity contribution is 5.96. The lowest BCUT2D eigenvalue weighted by Gasteiger charge is -2.28. The van der Waals surface area contributed by atoms with Gasteiger partial charge in [-0.1, -0.05) is 18.4 Å². The van der Waals surface area contributed by atoms with Crippen LogP contribution in [-0.4, -0.2) is 12.1 Å². The second kappa shape index (κ2) is 3.52. The highest BCUT2D eigenvalue weighted by atomic mass is 16.6.